The summed E-state index contributed by atoms with van der Waals surface area (Å²) >= 11 is 0. The summed E-state index contributed by atoms with van der Waals surface area (Å²) in [5.41, 5.74) is -0.429. The van der Waals surface area contributed by atoms with E-state index in [1.54, 1.807) is 4.90 Å². The summed E-state index contributed by atoms with van der Waals surface area (Å²) in [4.78, 5) is 25.5. The van der Waals surface area contributed by atoms with Crippen LogP contribution >= 0.6 is 0 Å². The molecule has 0 aliphatic heterocycles. The van der Waals surface area contributed by atoms with E-state index in [4.69, 9.17) is 5.11 Å². The molecule has 5 heteroatoms. The summed E-state index contributed by atoms with van der Waals surface area (Å²) in [6, 6.07) is 0.290. The molecule has 1 rings (SSSR count). The first-order valence-electron chi connectivity index (χ1n) is 7.05. The van der Waals surface area contributed by atoms with Gasteiger partial charge in [0.2, 0.25) is 11.8 Å². The molecule has 1 saturated carbocycles. The lowest BCUT2D eigenvalue weighted by Crippen LogP contribution is -2.46. The van der Waals surface area contributed by atoms with Gasteiger partial charge in [-0.15, -0.1) is 0 Å². The van der Waals surface area contributed by atoms with Crippen molar-refractivity contribution in [3.05, 3.63) is 0 Å². The van der Waals surface area contributed by atoms with Gasteiger partial charge in [-0.3, -0.25) is 9.59 Å². The third-order valence-corrected chi connectivity index (χ3v) is 3.48. The van der Waals surface area contributed by atoms with Crippen molar-refractivity contribution in [2.45, 2.75) is 52.5 Å². The van der Waals surface area contributed by atoms with Crippen LogP contribution in [0, 0.1) is 5.41 Å². The van der Waals surface area contributed by atoms with Crippen molar-refractivity contribution in [2.75, 3.05) is 19.7 Å². The molecule has 110 valence electrons. The Morgan fingerprint density at radius 2 is 1.95 bits per heavy atom. The molecule has 0 bridgehead atoms. The van der Waals surface area contributed by atoms with Gasteiger partial charge in [0.25, 0.3) is 0 Å². The molecule has 5 nitrogen and oxygen atoms in total. The molecule has 0 radical (unpaired) electrons. The zero-order valence-corrected chi connectivity index (χ0v) is 12.2. The number of rotatable bonds is 6. The predicted octanol–water partition coefficient (Wildman–Crippen LogP) is 0.912. The highest BCUT2D eigenvalue weighted by atomic mass is 16.3. The highest BCUT2D eigenvalue weighted by Crippen LogP contribution is 2.25. The Kier molecular flexibility index (Phi) is 5.79. The summed E-state index contributed by atoms with van der Waals surface area (Å²) < 4.78 is 0. The van der Waals surface area contributed by atoms with Crippen LogP contribution in [-0.4, -0.2) is 47.6 Å². The van der Waals surface area contributed by atoms with Gasteiger partial charge in [-0.2, -0.15) is 0 Å². The van der Waals surface area contributed by atoms with Crippen LogP contribution in [0.1, 0.15) is 46.5 Å². The number of nitrogens with zero attached hydrogens (tertiary/aromatic N) is 1. The summed E-state index contributed by atoms with van der Waals surface area (Å²) in [7, 11) is 0. The van der Waals surface area contributed by atoms with Gasteiger partial charge in [0.05, 0.1) is 6.61 Å². The summed E-state index contributed by atoms with van der Waals surface area (Å²) in [5, 5.41) is 11.8. The van der Waals surface area contributed by atoms with Crippen molar-refractivity contribution in [1.29, 1.82) is 0 Å². The smallest absolute Gasteiger partial charge is 0.225 e. The average Bonchev–Trinajstić information content (AvgIpc) is 2.24. The van der Waals surface area contributed by atoms with Crippen molar-refractivity contribution in [1.82, 2.24) is 10.2 Å². The van der Waals surface area contributed by atoms with Gasteiger partial charge in [0.15, 0.2) is 0 Å². The van der Waals surface area contributed by atoms with Crippen molar-refractivity contribution < 1.29 is 14.7 Å². The number of carbonyl (C=O) groups is 2. The zero-order chi connectivity index (χ0) is 14.5. The number of hydrogen-bond donors (Lipinski definition) is 2. The molecule has 0 atom stereocenters. The second-order valence-corrected chi connectivity index (χ2v) is 6.15. The molecule has 1 aliphatic rings. The molecule has 19 heavy (non-hydrogen) atoms. The van der Waals surface area contributed by atoms with Crippen LogP contribution in [0.2, 0.25) is 0 Å². The molecule has 0 aromatic rings. The lowest BCUT2D eigenvalue weighted by molar-refractivity contribution is -0.136. The maximum Gasteiger partial charge on any atom is 0.225 e. The molecule has 2 amide bonds. The molecule has 0 spiro atoms. The van der Waals surface area contributed by atoms with Gasteiger partial charge >= 0.3 is 0 Å². The van der Waals surface area contributed by atoms with Crippen molar-refractivity contribution >= 4 is 11.8 Å². The second kappa shape index (κ2) is 6.89. The van der Waals surface area contributed by atoms with Gasteiger partial charge in [-0.25, -0.2) is 0 Å². The summed E-state index contributed by atoms with van der Waals surface area (Å²) in [6.45, 7) is 6.29. The highest BCUT2D eigenvalue weighted by molar-refractivity contribution is 5.82. The molecule has 0 aromatic heterocycles. The number of hydrogen-bond acceptors (Lipinski definition) is 3. The Bertz CT molecular complexity index is 319. The fourth-order valence-electron chi connectivity index (χ4n) is 2.01. The summed E-state index contributed by atoms with van der Waals surface area (Å²) in [5.74, 6) is -0.0226. The minimum Gasteiger partial charge on any atom is -0.395 e. The van der Waals surface area contributed by atoms with Gasteiger partial charge in [-0.05, 0) is 19.3 Å². The van der Waals surface area contributed by atoms with E-state index in [0.29, 0.717) is 19.5 Å². The largest absolute Gasteiger partial charge is 0.395 e. The standard InChI is InChI=1S/C14H26N2O3/c1-14(2,3)13(19)15-8-7-12(18)16(9-10-17)11-5-4-6-11/h11,17H,4-10H2,1-3H3,(H,15,19). The third-order valence-electron chi connectivity index (χ3n) is 3.48. The first-order valence-corrected chi connectivity index (χ1v) is 7.05. The normalized spacial score (nSPS) is 15.8. The van der Waals surface area contributed by atoms with E-state index < -0.39 is 5.41 Å². The van der Waals surface area contributed by atoms with E-state index in [9.17, 15) is 9.59 Å². The first-order chi connectivity index (χ1) is 8.86. The van der Waals surface area contributed by atoms with Gasteiger partial charge in [-0.1, -0.05) is 20.8 Å². The lowest BCUT2D eigenvalue weighted by atomic mass is 9.91. The van der Waals surface area contributed by atoms with Crippen LogP contribution in [0.5, 0.6) is 0 Å². The van der Waals surface area contributed by atoms with Crippen LogP contribution in [0.15, 0.2) is 0 Å². The molecule has 0 heterocycles. The molecule has 2 N–H and O–H groups in total. The van der Waals surface area contributed by atoms with Crippen molar-refractivity contribution in [2.24, 2.45) is 5.41 Å². The SMILES string of the molecule is CC(C)(C)C(=O)NCCC(=O)N(CCO)C1CCC1. The van der Waals surface area contributed by atoms with Gasteiger partial charge in [0, 0.05) is 31.0 Å². The molecule has 0 aromatic carbocycles. The van der Waals surface area contributed by atoms with E-state index >= 15 is 0 Å². The molecular weight excluding hydrogens is 244 g/mol. The fourth-order valence-corrected chi connectivity index (χ4v) is 2.01. The van der Waals surface area contributed by atoms with Crippen LogP contribution in [0.3, 0.4) is 0 Å². The van der Waals surface area contributed by atoms with E-state index in [0.717, 1.165) is 19.3 Å². The Hall–Kier alpha value is -1.10. The monoisotopic (exact) mass is 270 g/mol. The molecule has 1 fully saturated rings. The summed E-state index contributed by atoms with van der Waals surface area (Å²) in [6.07, 6.45) is 3.51. The average molecular weight is 270 g/mol. The Labute approximate surface area is 115 Å². The van der Waals surface area contributed by atoms with Crippen LogP contribution in [-0.2, 0) is 9.59 Å². The highest BCUT2D eigenvalue weighted by Gasteiger charge is 2.28. The van der Waals surface area contributed by atoms with Crippen LogP contribution in [0.4, 0.5) is 0 Å². The molecule has 0 unspecified atom stereocenters. The Morgan fingerprint density at radius 1 is 1.32 bits per heavy atom. The number of amides is 2. The van der Waals surface area contributed by atoms with E-state index in [1.807, 2.05) is 20.8 Å². The van der Waals surface area contributed by atoms with E-state index in [-0.39, 0.29) is 24.5 Å². The van der Waals surface area contributed by atoms with E-state index in [1.165, 1.54) is 0 Å². The number of nitrogens with one attached hydrogen (secondary N) is 1. The number of aliphatic hydroxyl groups excluding tert-OH is 1. The Balaban J connectivity index is 2.34. The third kappa shape index (κ3) is 4.82. The fraction of sp³-hybridized carbons (Fsp3) is 0.857. The van der Waals surface area contributed by atoms with Crippen LogP contribution in [0.25, 0.3) is 0 Å². The maximum atomic E-state index is 12.1. The second-order valence-electron chi connectivity index (χ2n) is 6.15. The van der Waals surface area contributed by atoms with Gasteiger partial charge < -0.3 is 15.3 Å². The molecule has 0 saturated heterocycles. The zero-order valence-electron chi connectivity index (χ0n) is 12.2. The minimum absolute atomic E-state index is 0.00338. The Morgan fingerprint density at radius 3 is 2.37 bits per heavy atom. The lowest BCUT2D eigenvalue weighted by Gasteiger charge is -2.37. The quantitative estimate of drug-likeness (QED) is 0.754. The van der Waals surface area contributed by atoms with E-state index in [2.05, 4.69) is 5.32 Å². The predicted molar refractivity (Wildman–Crippen MR) is 73.5 cm³/mol. The molecule has 1 aliphatic carbocycles. The van der Waals surface area contributed by atoms with Crippen molar-refractivity contribution in [3.8, 4) is 0 Å². The topological polar surface area (TPSA) is 69.6 Å². The first kappa shape index (κ1) is 16.0. The van der Waals surface area contributed by atoms with Crippen molar-refractivity contribution in [3.63, 3.8) is 0 Å². The minimum atomic E-state index is -0.429. The van der Waals surface area contributed by atoms with Gasteiger partial charge in [0.1, 0.15) is 0 Å². The molecular formula is C14H26N2O3. The van der Waals surface area contributed by atoms with Crippen LogP contribution < -0.4 is 5.32 Å². The maximum absolute atomic E-state index is 12.1. The number of carbonyl (C=O) groups excluding carboxylic acids is 2. The number of aliphatic hydroxyl groups is 1.